The first-order chi connectivity index (χ1) is 9.47. The minimum atomic E-state index is -3.18. The maximum atomic E-state index is 12.0. The van der Waals surface area contributed by atoms with Gasteiger partial charge in [-0.15, -0.1) is 0 Å². The lowest BCUT2D eigenvalue weighted by Crippen LogP contribution is -2.47. The van der Waals surface area contributed by atoms with E-state index in [4.69, 9.17) is 0 Å². The number of rotatable bonds is 2. The van der Waals surface area contributed by atoms with Gasteiger partial charge in [-0.3, -0.25) is 0 Å². The Hall–Kier alpha value is -0.800. The van der Waals surface area contributed by atoms with E-state index >= 15 is 0 Å². The lowest BCUT2D eigenvalue weighted by molar-refractivity contribution is 0.583. The summed E-state index contributed by atoms with van der Waals surface area (Å²) >= 11 is 5.02. The molecule has 0 amide bonds. The van der Waals surface area contributed by atoms with Crippen LogP contribution in [-0.4, -0.2) is 52.5 Å². The van der Waals surface area contributed by atoms with E-state index in [1.54, 1.807) is 24.2 Å². The topological polar surface area (TPSA) is 67.6 Å². The van der Waals surface area contributed by atoms with Crippen molar-refractivity contribution in [3.05, 3.63) is 23.2 Å². The molecule has 0 bridgehead atoms. The van der Waals surface area contributed by atoms with Gasteiger partial charge < -0.3 is 9.30 Å². The van der Waals surface area contributed by atoms with E-state index in [2.05, 4.69) is 25.9 Å². The van der Waals surface area contributed by atoms with Crippen LogP contribution < -0.4 is 4.90 Å². The van der Waals surface area contributed by atoms with Crippen LogP contribution in [0, 0.1) is 0 Å². The zero-order valence-corrected chi connectivity index (χ0v) is 13.9. The molecule has 1 aliphatic rings. The molecule has 0 N–H and O–H groups in total. The number of imidazole rings is 1. The minimum absolute atomic E-state index is 0.552. The van der Waals surface area contributed by atoms with Crippen molar-refractivity contribution in [2.45, 2.75) is 5.37 Å². The first kappa shape index (κ1) is 14.2. The fourth-order valence-corrected chi connectivity index (χ4v) is 5.46. The lowest BCUT2D eigenvalue weighted by Gasteiger charge is -2.34. The van der Waals surface area contributed by atoms with Gasteiger partial charge in [0.25, 0.3) is 0 Å². The van der Waals surface area contributed by atoms with Gasteiger partial charge in [-0.2, -0.15) is 11.8 Å². The number of halogens is 1. The predicted molar refractivity (Wildman–Crippen MR) is 84.0 cm³/mol. The molecule has 9 heteroatoms. The number of aromatic nitrogens is 3. The smallest absolute Gasteiger partial charge is 0.180 e. The van der Waals surface area contributed by atoms with Crippen molar-refractivity contribution in [3.8, 4) is 0 Å². The molecule has 0 aromatic carbocycles. The molecule has 1 saturated heterocycles. The molecule has 0 saturated carbocycles. The van der Waals surface area contributed by atoms with Crippen LogP contribution in [0.3, 0.4) is 0 Å². The number of nitrogens with zero attached hydrogens (tertiary/aromatic N) is 4. The van der Waals surface area contributed by atoms with Gasteiger partial charge in [0.1, 0.15) is 9.98 Å². The maximum absolute atomic E-state index is 12.0. The van der Waals surface area contributed by atoms with Crippen molar-refractivity contribution in [2.24, 2.45) is 0 Å². The second-order valence-electron chi connectivity index (χ2n) is 4.60. The molecule has 0 aliphatic carbocycles. The number of thioether (sulfide) groups is 1. The predicted octanol–water partition coefficient (Wildman–Crippen LogP) is 1.42. The molecule has 108 valence electrons. The summed E-state index contributed by atoms with van der Waals surface area (Å²) < 4.78 is 26.5. The standard InChI is InChI=1S/C11H13BrN4O2S2/c1-20(17,18)9-7-19-5-4-16(9)11-10-13-2-3-15(10)6-8(12)14-11/h2-3,6,9H,4-5,7H2,1H3. The van der Waals surface area contributed by atoms with Crippen molar-refractivity contribution in [3.63, 3.8) is 0 Å². The van der Waals surface area contributed by atoms with E-state index < -0.39 is 15.2 Å². The van der Waals surface area contributed by atoms with Gasteiger partial charge in [-0.05, 0) is 15.9 Å². The second kappa shape index (κ2) is 5.19. The van der Waals surface area contributed by atoms with Gasteiger partial charge in [0.05, 0.1) is 0 Å². The summed E-state index contributed by atoms with van der Waals surface area (Å²) in [7, 11) is -3.18. The molecular formula is C11H13BrN4O2S2. The number of hydrogen-bond donors (Lipinski definition) is 0. The average Bonchev–Trinajstić information content (AvgIpc) is 2.84. The molecule has 20 heavy (non-hydrogen) atoms. The fourth-order valence-electron chi connectivity index (χ4n) is 2.26. The summed E-state index contributed by atoms with van der Waals surface area (Å²) in [6.07, 6.45) is 6.58. The SMILES string of the molecule is CS(=O)(=O)C1CSCCN1c1nc(Br)cn2ccnc12. The summed E-state index contributed by atoms with van der Waals surface area (Å²) in [4.78, 5) is 10.6. The van der Waals surface area contributed by atoms with Gasteiger partial charge in [-0.25, -0.2) is 18.4 Å². The van der Waals surface area contributed by atoms with Gasteiger partial charge in [0, 0.05) is 42.9 Å². The highest BCUT2D eigenvalue weighted by Gasteiger charge is 2.33. The highest BCUT2D eigenvalue weighted by molar-refractivity contribution is 9.10. The first-order valence-corrected chi connectivity index (χ1v) is 9.89. The zero-order chi connectivity index (χ0) is 14.3. The number of sulfone groups is 1. The highest BCUT2D eigenvalue weighted by Crippen LogP contribution is 2.29. The Morgan fingerprint density at radius 1 is 1.50 bits per heavy atom. The van der Waals surface area contributed by atoms with Crippen LogP contribution in [0.1, 0.15) is 0 Å². The van der Waals surface area contributed by atoms with E-state index in [9.17, 15) is 8.42 Å². The van der Waals surface area contributed by atoms with Crippen LogP contribution >= 0.6 is 27.7 Å². The first-order valence-electron chi connectivity index (χ1n) is 5.99. The van der Waals surface area contributed by atoms with E-state index in [0.717, 1.165) is 5.75 Å². The molecule has 1 fully saturated rings. The van der Waals surface area contributed by atoms with Crippen LogP contribution in [0.4, 0.5) is 5.82 Å². The van der Waals surface area contributed by atoms with E-state index in [1.807, 2.05) is 15.5 Å². The van der Waals surface area contributed by atoms with Gasteiger partial charge >= 0.3 is 0 Å². The summed E-state index contributed by atoms with van der Waals surface area (Å²) in [5, 5.41) is -0.552. The van der Waals surface area contributed by atoms with Crippen molar-refractivity contribution in [1.82, 2.24) is 14.4 Å². The average molecular weight is 377 g/mol. The Morgan fingerprint density at radius 3 is 3.05 bits per heavy atom. The highest BCUT2D eigenvalue weighted by atomic mass is 79.9. The van der Waals surface area contributed by atoms with Crippen molar-refractivity contribution in [2.75, 3.05) is 29.2 Å². The largest absolute Gasteiger partial charge is 0.335 e. The summed E-state index contributed by atoms with van der Waals surface area (Å²) in [5.74, 6) is 2.05. The van der Waals surface area contributed by atoms with Crippen LogP contribution in [0.15, 0.2) is 23.2 Å². The molecule has 6 nitrogen and oxygen atoms in total. The molecule has 2 aromatic heterocycles. The number of fused-ring (bicyclic) bond motifs is 1. The van der Waals surface area contributed by atoms with Crippen LogP contribution in [0.25, 0.3) is 5.65 Å². The van der Waals surface area contributed by atoms with Crippen molar-refractivity contribution >= 4 is 49.0 Å². The zero-order valence-electron chi connectivity index (χ0n) is 10.7. The van der Waals surface area contributed by atoms with Crippen molar-refractivity contribution in [1.29, 1.82) is 0 Å². The fraction of sp³-hybridized carbons (Fsp3) is 0.455. The number of anilines is 1. The second-order valence-corrected chi connectivity index (χ2v) is 8.76. The van der Waals surface area contributed by atoms with E-state index in [1.165, 1.54) is 6.26 Å². The normalized spacial score (nSPS) is 20.5. The summed E-state index contributed by atoms with van der Waals surface area (Å²) in [6.45, 7) is 0.647. The number of hydrogen-bond acceptors (Lipinski definition) is 6. The van der Waals surface area contributed by atoms with E-state index in [-0.39, 0.29) is 0 Å². The van der Waals surface area contributed by atoms with Crippen LogP contribution in [0.2, 0.25) is 0 Å². The lowest BCUT2D eigenvalue weighted by atomic mass is 10.4. The summed E-state index contributed by atoms with van der Waals surface area (Å²) in [5.41, 5.74) is 0.675. The molecule has 0 radical (unpaired) electrons. The van der Waals surface area contributed by atoms with Gasteiger partial charge in [-0.1, -0.05) is 0 Å². The Kier molecular flexibility index (Phi) is 3.67. The Morgan fingerprint density at radius 2 is 2.30 bits per heavy atom. The molecule has 1 unspecified atom stereocenters. The minimum Gasteiger partial charge on any atom is -0.335 e. The maximum Gasteiger partial charge on any atom is 0.180 e. The Bertz CT molecular complexity index is 746. The summed E-state index contributed by atoms with van der Waals surface area (Å²) in [6, 6.07) is 0. The third kappa shape index (κ3) is 2.53. The van der Waals surface area contributed by atoms with Gasteiger partial charge in [0.2, 0.25) is 0 Å². The Balaban J connectivity index is 2.15. The third-order valence-corrected chi connectivity index (χ3v) is 6.20. The quantitative estimate of drug-likeness (QED) is 0.789. The molecule has 1 aliphatic heterocycles. The molecule has 1 atom stereocenters. The van der Waals surface area contributed by atoms with Crippen LogP contribution in [-0.2, 0) is 9.84 Å². The Labute approximate surface area is 129 Å². The molecule has 0 spiro atoms. The molecular weight excluding hydrogens is 364 g/mol. The molecule has 3 rings (SSSR count). The molecule has 3 heterocycles. The van der Waals surface area contributed by atoms with Crippen molar-refractivity contribution < 1.29 is 8.42 Å². The monoisotopic (exact) mass is 376 g/mol. The van der Waals surface area contributed by atoms with E-state index in [0.29, 0.717) is 28.4 Å². The third-order valence-electron chi connectivity index (χ3n) is 3.18. The molecule has 2 aromatic rings. The van der Waals surface area contributed by atoms with Gasteiger partial charge in [0.15, 0.2) is 21.3 Å². The van der Waals surface area contributed by atoms with Crippen LogP contribution in [0.5, 0.6) is 0 Å².